The van der Waals surface area contributed by atoms with Crippen LogP contribution in [0.15, 0.2) is 54.6 Å². The van der Waals surface area contributed by atoms with Crippen LogP contribution in [0.25, 0.3) is 10.9 Å². The summed E-state index contributed by atoms with van der Waals surface area (Å²) in [6.45, 7) is 1.33. The smallest absolute Gasteiger partial charge is 0.270 e. The van der Waals surface area contributed by atoms with E-state index in [1.165, 1.54) is 0 Å². The number of amides is 1. The number of nitrogens with one attached hydrogen (secondary N) is 1. The number of phenolic OH excluding ortho intramolecular Hbond substituents is 1. The van der Waals surface area contributed by atoms with Gasteiger partial charge in [0.15, 0.2) is 0 Å². The van der Waals surface area contributed by atoms with E-state index in [1.807, 2.05) is 41.3 Å². The number of hydrogen-bond donors (Lipinski definition) is 2. The molecule has 0 saturated carbocycles. The van der Waals surface area contributed by atoms with Crippen molar-refractivity contribution in [2.24, 2.45) is 0 Å². The fraction of sp³-hybridized carbons (Fsp3) is 0.250. The molecule has 2 N–H and O–H groups in total. The highest BCUT2D eigenvalue weighted by molar-refractivity contribution is 5.99. The lowest BCUT2D eigenvalue weighted by Crippen LogP contribution is -2.41. The molecule has 1 aliphatic rings. The molecule has 4 rings (SSSR count). The van der Waals surface area contributed by atoms with Crippen LogP contribution >= 0.6 is 0 Å². The molecular formula is C20H20N2O3. The molecule has 1 fully saturated rings. The summed E-state index contributed by atoms with van der Waals surface area (Å²) in [5, 5.41) is 10.6. The molecule has 0 spiro atoms. The third-order valence-corrected chi connectivity index (χ3v) is 4.65. The van der Waals surface area contributed by atoms with E-state index in [2.05, 4.69) is 4.98 Å². The van der Waals surface area contributed by atoms with Gasteiger partial charge in [0, 0.05) is 36.8 Å². The predicted molar refractivity (Wildman–Crippen MR) is 96.0 cm³/mol. The van der Waals surface area contributed by atoms with Gasteiger partial charge in [0.1, 0.15) is 23.3 Å². The molecular weight excluding hydrogens is 316 g/mol. The van der Waals surface area contributed by atoms with E-state index in [4.69, 9.17) is 4.74 Å². The molecule has 25 heavy (non-hydrogen) atoms. The maximum absolute atomic E-state index is 12.7. The third-order valence-electron chi connectivity index (χ3n) is 4.65. The highest BCUT2D eigenvalue weighted by Crippen LogP contribution is 2.26. The minimum atomic E-state index is -0.0336. The van der Waals surface area contributed by atoms with Crippen molar-refractivity contribution in [3.05, 3.63) is 60.3 Å². The number of benzene rings is 2. The van der Waals surface area contributed by atoms with Gasteiger partial charge in [-0.2, -0.15) is 0 Å². The second kappa shape index (κ2) is 6.51. The Morgan fingerprint density at radius 1 is 1.08 bits per heavy atom. The first-order chi connectivity index (χ1) is 12.2. The maximum atomic E-state index is 12.7. The molecule has 1 aromatic heterocycles. The van der Waals surface area contributed by atoms with Gasteiger partial charge in [-0.1, -0.05) is 24.3 Å². The summed E-state index contributed by atoms with van der Waals surface area (Å²) in [6, 6.07) is 16.7. The number of aromatic hydroxyl groups is 1. The van der Waals surface area contributed by atoms with E-state index in [0.717, 1.165) is 24.1 Å². The lowest BCUT2D eigenvalue weighted by atomic mass is 10.1. The Morgan fingerprint density at radius 2 is 1.84 bits per heavy atom. The number of rotatable bonds is 3. The number of phenols is 1. The number of aromatic nitrogens is 1. The predicted octanol–water partition coefficient (Wildman–Crippen LogP) is 3.56. The Labute approximate surface area is 145 Å². The molecule has 3 aromatic rings. The quantitative estimate of drug-likeness (QED) is 0.768. The zero-order valence-electron chi connectivity index (χ0n) is 13.8. The summed E-state index contributed by atoms with van der Waals surface area (Å²) in [7, 11) is 0. The third kappa shape index (κ3) is 3.18. The van der Waals surface area contributed by atoms with Crippen molar-refractivity contribution in [3.8, 4) is 11.5 Å². The van der Waals surface area contributed by atoms with E-state index in [0.29, 0.717) is 24.2 Å². The van der Waals surface area contributed by atoms with Gasteiger partial charge in [-0.25, -0.2) is 0 Å². The summed E-state index contributed by atoms with van der Waals surface area (Å²) in [6.07, 6.45) is 1.76. The Bertz CT molecular complexity index is 880. The second-order valence-corrected chi connectivity index (χ2v) is 6.34. The number of carbonyl (C=O) groups excluding carboxylic acids is 1. The fourth-order valence-electron chi connectivity index (χ4n) is 3.29. The van der Waals surface area contributed by atoms with Crippen molar-refractivity contribution >= 4 is 16.8 Å². The van der Waals surface area contributed by atoms with Crippen molar-refractivity contribution in [3.63, 3.8) is 0 Å². The van der Waals surface area contributed by atoms with Crippen molar-refractivity contribution in [1.82, 2.24) is 9.88 Å². The van der Waals surface area contributed by atoms with Crippen molar-refractivity contribution in [1.29, 1.82) is 0 Å². The number of nitrogens with zero attached hydrogens (tertiary/aromatic N) is 1. The number of para-hydroxylation sites is 1. The minimum absolute atomic E-state index is 0.0336. The van der Waals surface area contributed by atoms with Crippen LogP contribution in [0.5, 0.6) is 11.5 Å². The standard InChI is InChI=1S/C20H20N2O3/c23-19-8-4-7-17-16(19)13-18(21-17)20(24)22-11-9-15(10-12-22)25-14-5-2-1-3-6-14/h1-8,13,15,21,23H,9-12H2. The van der Waals surface area contributed by atoms with E-state index in [-0.39, 0.29) is 17.8 Å². The van der Waals surface area contributed by atoms with Crippen LogP contribution in [0.1, 0.15) is 23.3 Å². The van der Waals surface area contributed by atoms with E-state index in [9.17, 15) is 9.90 Å². The molecule has 0 atom stereocenters. The Hall–Kier alpha value is -2.95. The summed E-state index contributed by atoms with van der Waals surface area (Å²) in [4.78, 5) is 17.7. The van der Waals surface area contributed by atoms with Crippen molar-refractivity contribution in [2.75, 3.05) is 13.1 Å². The first-order valence-electron chi connectivity index (χ1n) is 8.52. The van der Waals surface area contributed by atoms with Gasteiger partial charge in [0.25, 0.3) is 5.91 Å². The summed E-state index contributed by atoms with van der Waals surface area (Å²) in [5.41, 5.74) is 1.28. The van der Waals surface area contributed by atoms with Crippen LogP contribution in [0.4, 0.5) is 0 Å². The Balaban J connectivity index is 1.41. The molecule has 2 heterocycles. The second-order valence-electron chi connectivity index (χ2n) is 6.34. The summed E-state index contributed by atoms with van der Waals surface area (Å²) >= 11 is 0. The van der Waals surface area contributed by atoms with Gasteiger partial charge in [-0.3, -0.25) is 4.79 Å². The molecule has 5 nitrogen and oxygen atoms in total. The maximum Gasteiger partial charge on any atom is 0.270 e. The normalized spacial score (nSPS) is 15.4. The van der Waals surface area contributed by atoms with Gasteiger partial charge in [0.05, 0.1) is 0 Å². The van der Waals surface area contributed by atoms with Crippen molar-refractivity contribution < 1.29 is 14.6 Å². The number of carbonyl (C=O) groups is 1. The summed E-state index contributed by atoms with van der Waals surface area (Å²) in [5.74, 6) is 1.02. The molecule has 1 amide bonds. The first kappa shape index (κ1) is 15.6. The number of aromatic amines is 1. The Kier molecular flexibility index (Phi) is 4.06. The molecule has 0 bridgehead atoms. The molecule has 128 valence electrons. The monoisotopic (exact) mass is 336 g/mol. The minimum Gasteiger partial charge on any atom is -0.507 e. The van der Waals surface area contributed by atoms with E-state index < -0.39 is 0 Å². The van der Waals surface area contributed by atoms with Gasteiger partial charge in [-0.05, 0) is 30.3 Å². The van der Waals surface area contributed by atoms with Gasteiger partial charge < -0.3 is 19.7 Å². The molecule has 2 aromatic carbocycles. The van der Waals surface area contributed by atoms with Gasteiger partial charge >= 0.3 is 0 Å². The van der Waals surface area contributed by atoms with Crippen LogP contribution in [0.2, 0.25) is 0 Å². The highest BCUT2D eigenvalue weighted by atomic mass is 16.5. The van der Waals surface area contributed by atoms with E-state index >= 15 is 0 Å². The average molecular weight is 336 g/mol. The summed E-state index contributed by atoms with van der Waals surface area (Å²) < 4.78 is 5.97. The molecule has 5 heteroatoms. The zero-order valence-corrected chi connectivity index (χ0v) is 13.8. The van der Waals surface area contributed by atoms with Crippen LogP contribution in [-0.4, -0.2) is 40.1 Å². The zero-order chi connectivity index (χ0) is 17.2. The highest BCUT2D eigenvalue weighted by Gasteiger charge is 2.25. The fourth-order valence-corrected chi connectivity index (χ4v) is 3.29. The van der Waals surface area contributed by atoms with Crippen molar-refractivity contribution in [2.45, 2.75) is 18.9 Å². The molecule has 1 saturated heterocycles. The molecule has 1 aliphatic heterocycles. The number of likely N-dealkylation sites (tertiary alicyclic amines) is 1. The number of fused-ring (bicyclic) bond motifs is 1. The Morgan fingerprint density at radius 3 is 2.56 bits per heavy atom. The number of ether oxygens (including phenoxy) is 1. The van der Waals surface area contributed by atoms with Crippen LogP contribution in [0, 0.1) is 0 Å². The van der Waals surface area contributed by atoms with Gasteiger partial charge in [0.2, 0.25) is 0 Å². The van der Waals surface area contributed by atoms with Crippen LogP contribution in [0.3, 0.4) is 0 Å². The van der Waals surface area contributed by atoms with Crippen LogP contribution in [-0.2, 0) is 0 Å². The van der Waals surface area contributed by atoms with Gasteiger partial charge in [-0.15, -0.1) is 0 Å². The van der Waals surface area contributed by atoms with Crippen LogP contribution < -0.4 is 4.74 Å². The number of piperidine rings is 1. The topological polar surface area (TPSA) is 65.6 Å². The molecule has 0 radical (unpaired) electrons. The van der Waals surface area contributed by atoms with E-state index in [1.54, 1.807) is 18.2 Å². The molecule has 0 unspecified atom stereocenters. The lowest BCUT2D eigenvalue weighted by molar-refractivity contribution is 0.0591. The first-order valence-corrected chi connectivity index (χ1v) is 8.52. The average Bonchev–Trinajstić information content (AvgIpc) is 3.08. The molecule has 0 aliphatic carbocycles. The SMILES string of the molecule is O=C(c1cc2c(O)cccc2[nH]1)N1CCC(Oc2ccccc2)CC1. The number of H-pyrrole nitrogens is 1. The lowest BCUT2D eigenvalue weighted by Gasteiger charge is -2.32. The number of hydrogen-bond acceptors (Lipinski definition) is 3. The largest absolute Gasteiger partial charge is 0.507 e.